The van der Waals surface area contributed by atoms with Crippen LogP contribution < -0.4 is 4.90 Å². The number of carbonyl (C=O) groups is 1. The molecule has 0 radical (unpaired) electrons. The minimum absolute atomic E-state index is 0.234. The average molecular weight is 343 g/mol. The smallest absolute Gasteiger partial charge is 0.227 e. The Kier molecular flexibility index (Phi) is 3.96. The molecule has 0 N–H and O–H groups in total. The molecule has 2 aromatic rings. The molecule has 24 heavy (non-hydrogen) atoms. The highest BCUT2D eigenvalue weighted by Gasteiger charge is 2.42. The lowest BCUT2D eigenvalue weighted by Crippen LogP contribution is -2.34. The van der Waals surface area contributed by atoms with Crippen molar-refractivity contribution in [3.05, 3.63) is 34.2 Å². The van der Waals surface area contributed by atoms with Gasteiger partial charge >= 0.3 is 0 Å². The van der Waals surface area contributed by atoms with Crippen LogP contribution in [0.25, 0.3) is 0 Å². The van der Waals surface area contributed by atoms with Crippen molar-refractivity contribution in [2.24, 2.45) is 11.8 Å². The maximum absolute atomic E-state index is 12.5. The summed E-state index contributed by atoms with van der Waals surface area (Å²) in [7, 11) is 0. The molecule has 1 amide bonds. The summed E-state index contributed by atoms with van der Waals surface area (Å²) in [5.74, 6) is 2.37. The highest BCUT2D eigenvalue weighted by atomic mass is 32.1. The summed E-state index contributed by atoms with van der Waals surface area (Å²) in [5, 5.41) is 1.02. The van der Waals surface area contributed by atoms with Crippen LogP contribution in [0.3, 0.4) is 0 Å². The van der Waals surface area contributed by atoms with E-state index in [-0.39, 0.29) is 5.91 Å². The molecule has 2 aliphatic heterocycles. The number of fused-ring (bicyclic) bond motifs is 1. The second-order valence-corrected chi connectivity index (χ2v) is 8.09. The van der Waals surface area contributed by atoms with Crippen molar-refractivity contribution in [2.45, 2.75) is 20.3 Å². The third kappa shape index (κ3) is 2.88. The molecule has 2 fully saturated rings. The Hall–Kier alpha value is -2.02. The quantitative estimate of drug-likeness (QED) is 0.849. The maximum Gasteiger partial charge on any atom is 0.227 e. The molecule has 2 aromatic heterocycles. The lowest BCUT2D eigenvalue weighted by atomic mass is 10.0. The van der Waals surface area contributed by atoms with Gasteiger partial charge in [-0.05, 0) is 13.8 Å². The first kappa shape index (κ1) is 15.5. The molecule has 2 unspecified atom stereocenters. The average Bonchev–Trinajstić information content (AvgIpc) is 3.22. The highest BCUT2D eigenvalue weighted by Crippen LogP contribution is 2.34. The summed E-state index contributed by atoms with van der Waals surface area (Å²) < 4.78 is 0. The number of thiazole rings is 1. The Labute approximate surface area is 145 Å². The first-order valence-electron chi connectivity index (χ1n) is 8.31. The number of aromatic nitrogens is 3. The third-order valence-corrected chi connectivity index (χ3v) is 5.91. The zero-order chi connectivity index (χ0) is 16.7. The molecule has 4 rings (SSSR count). The number of hydrogen-bond donors (Lipinski definition) is 0. The predicted molar refractivity (Wildman–Crippen MR) is 93.1 cm³/mol. The first-order valence-corrected chi connectivity index (χ1v) is 9.12. The Morgan fingerprint density at radius 3 is 2.54 bits per heavy atom. The monoisotopic (exact) mass is 343 g/mol. The second-order valence-electron chi connectivity index (χ2n) is 6.78. The van der Waals surface area contributed by atoms with Crippen LogP contribution in [0.2, 0.25) is 0 Å². The van der Waals surface area contributed by atoms with Crippen molar-refractivity contribution in [3.8, 4) is 0 Å². The molecule has 0 bridgehead atoms. The molecule has 4 heterocycles. The summed E-state index contributed by atoms with van der Waals surface area (Å²) in [6, 6.07) is 0. The van der Waals surface area contributed by atoms with Crippen molar-refractivity contribution in [2.75, 3.05) is 31.1 Å². The molecule has 0 spiro atoms. The molecule has 7 heteroatoms. The van der Waals surface area contributed by atoms with E-state index in [2.05, 4.69) is 26.8 Å². The Bertz CT molecular complexity index is 747. The van der Waals surface area contributed by atoms with Crippen molar-refractivity contribution in [1.29, 1.82) is 0 Å². The molecule has 2 aliphatic rings. The maximum atomic E-state index is 12.5. The van der Waals surface area contributed by atoms with Crippen LogP contribution >= 0.6 is 11.3 Å². The van der Waals surface area contributed by atoms with Crippen LogP contribution in [0.1, 0.15) is 15.4 Å². The second kappa shape index (κ2) is 6.12. The minimum atomic E-state index is 0.234. The molecule has 0 aromatic carbocycles. The molecule has 0 saturated carbocycles. The van der Waals surface area contributed by atoms with Crippen LogP contribution in [0.4, 0.5) is 5.82 Å². The number of hydrogen-bond acceptors (Lipinski definition) is 6. The van der Waals surface area contributed by atoms with Gasteiger partial charge in [0.2, 0.25) is 5.91 Å². The van der Waals surface area contributed by atoms with Gasteiger partial charge in [-0.15, -0.1) is 11.3 Å². The van der Waals surface area contributed by atoms with Gasteiger partial charge in [0, 0.05) is 60.8 Å². The van der Waals surface area contributed by atoms with Gasteiger partial charge in [0.05, 0.1) is 11.4 Å². The predicted octanol–water partition coefficient (Wildman–Crippen LogP) is 1.69. The Balaban J connectivity index is 1.37. The summed E-state index contributed by atoms with van der Waals surface area (Å²) >= 11 is 1.61. The van der Waals surface area contributed by atoms with Crippen molar-refractivity contribution < 1.29 is 4.79 Å². The topological polar surface area (TPSA) is 62.2 Å². The zero-order valence-electron chi connectivity index (χ0n) is 14.0. The number of rotatable bonds is 3. The summed E-state index contributed by atoms with van der Waals surface area (Å²) in [4.78, 5) is 30.7. The number of anilines is 1. The first-order chi connectivity index (χ1) is 11.6. The molecule has 2 atom stereocenters. The Morgan fingerprint density at radius 1 is 1.17 bits per heavy atom. The van der Waals surface area contributed by atoms with Gasteiger partial charge in [-0.25, -0.2) is 15.0 Å². The van der Waals surface area contributed by atoms with Gasteiger partial charge in [0.15, 0.2) is 0 Å². The van der Waals surface area contributed by atoms with Gasteiger partial charge in [-0.3, -0.25) is 4.79 Å². The van der Waals surface area contributed by atoms with Crippen molar-refractivity contribution >= 4 is 23.1 Å². The van der Waals surface area contributed by atoms with E-state index in [4.69, 9.17) is 0 Å². The van der Waals surface area contributed by atoms with E-state index in [1.165, 1.54) is 0 Å². The summed E-state index contributed by atoms with van der Waals surface area (Å²) in [5.41, 5.74) is 1.12. The van der Waals surface area contributed by atoms with Crippen LogP contribution in [-0.4, -0.2) is 51.9 Å². The van der Waals surface area contributed by atoms with Gasteiger partial charge in [-0.1, -0.05) is 0 Å². The van der Waals surface area contributed by atoms with Gasteiger partial charge in [-0.2, -0.15) is 0 Å². The summed E-state index contributed by atoms with van der Waals surface area (Å²) in [6.07, 6.45) is 5.79. The fraction of sp³-hybridized carbons (Fsp3) is 0.529. The fourth-order valence-electron chi connectivity index (χ4n) is 3.84. The fourth-order valence-corrected chi connectivity index (χ4v) is 4.63. The van der Waals surface area contributed by atoms with E-state index in [9.17, 15) is 4.79 Å². The third-order valence-electron chi connectivity index (χ3n) is 5.00. The van der Waals surface area contributed by atoms with E-state index >= 15 is 0 Å². The number of aryl methyl sites for hydroxylation is 2. The van der Waals surface area contributed by atoms with E-state index in [1.54, 1.807) is 17.7 Å². The lowest BCUT2D eigenvalue weighted by Gasteiger charge is -2.23. The SMILES string of the molecule is Cc1ncc(CC(=O)N2CC3CN(c4ncncc4C)CC3C2)s1. The number of amides is 1. The molecule has 6 nitrogen and oxygen atoms in total. The van der Waals surface area contributed by atoms with E-state index in [0.29, 0.717) is 18.3 Å². The molecular weight excluding hydrogens is 322 g/mol. The van der Waals surface area contributed by atoms with E-state index in [0.717, 1.165) is 47.4 Å². The Morgan fingerprint density at radius 2 is 1.92 bits per heavy atom. The van der Waals surface area contributed by atoms with Crippen LogP contribution in [-0.2, 0) is 11.2 Å². The highest BCUT2D eigenvalue weighted by molar-refractivity contribution is 7.11. The van der Waals surface area contributed by atoms with Crippen LogP contribution in [0.15, 0.2) is 18.7 Å². The van der Waals surface area contributed by atoms with Gasteiger partial charge in [0.1, 0.15) is 12.1 Å². The van der Waals surface area contributed by atoms with Crippen LogP contribution in [0.5, 0.6) is 0 Å². The zero-order valence-corrected chi connectivity index (χ0v) is 14.8. The lowest BCUT2D eigenvalue weighted by molar-refractivity contribution is -0.129. The van der Waals surface area contributed by atoms with Gasteiger partial charge in [0.25, 0.3) is 0 Å². The summed E-state index contributed by atoms with van der Waals surface area (Å²) in [6.45, 7) is 7.71. The van der Waals surface area contributed by atoms with Crippen LogP contribution in [0, 0.1) is 25.7 Å². The van der Waals surface area contributed by atoms with Crippen molar-refractivity contribution in [1.82, 2.24) is 19.9 Å². The van der Waals surface area contributed by atoms with Crippen molar-refractivity contribution in [3.63, 3.8) is 0 Å². The molecule has 2 saturated heterocycles. The number of carbonyl (C=O) groups excluding carboxylic acids is 1. The van der Waals surface area contributed by atoms with Gasteiger partial charge < -0.3 is 9.80 Å². The molecular formula is C17H21N5OS. The molecule has 126 valence electrons. The minimum Gasteiger partial charge on any atom is -0.356 e. The standard InChI is InChI=1S/C17H21N5OS/c1-11-4-18-10-20-17(11)22-8-13-6-21(7-14(13)9-22)16(23)3-15-5-19-12(2)24-15/h4-5,10,13-14H,3,6-9H2,1-2H3. The molecule has 0 aliphatic carbocycles. The number of likely N-dealkylation sites (tertiary alicyclic amines) is 1. The van der Waals surface area contributed by atoms with E-state index < -0.39 is 0 Å². The largest absolute Gasteiger partial charge is 0.356 e. The van der Waals surface area contributed by atoms with E-state index in [1.807, 2.05) is 24.2 Å². The normalized spacial score (nSPS) is 22.9. The number of nitrogens with zero attached hydrogens (tertiary/aromatic N) is 5.